The van der Waals surface area contributed by atoms with Gasteiger partial charge in [-0.15, -0.1) is 0 Å². The van der Waals surface area contributed by atoms with Gasteiger partial charge in [-0.05, 0) is 43.7 Å². The van der Waals surface area contributed by atoms with E-state index in [-0.39, 0.29) is 23.6 Å². The van der Waals surface area contributed by atoms with Gasteiger partial charge in [-0.1, -0.05) is 12.8 Å². The van der Waals surface area contributed by atoms with Gasteiger partial charge < -0.3 is 10.2 Å². The maximum Gasteiger partial charge on any atom is 0.433 e. The largest absolute Gasteiger partial charge is 0.433 e. The van der Waals surface area contributed by atoms with Crippen LogP contribution in [-0.4, -0.2) is 40.0 Å². The molecule has 2 aliphatic rings. The molecule has 4 rings (SSSR count). The molecular weight excluding hydrogens is 407 g/mol. The molecule has 1 N–H and O–H groups in total. The number of piperidine rings is 1. The molecule has 1 saturated heterocycles. The van der Waals surface area contributed by atoms with Crippen LogP contribution in [0.3, 0.4) is 0 Å². The molecule has 0 aromatic carbocycles. The van der Waals surface area contributed by atoms with Crippen molar-refractivity contribution in [1.29, 1.82) is 0 Å². The van der Waals surface area contributed by atoms with Crippen molar-refractivity contribution in [3.05, 3.63) is 36.3 Å². The van der Waals surface area contributed by atoms with Crippen molar-refractivity contribution in [3.8, 4) is 11.4 Å². The van der Waals surface area contributed by atoms with Crippen LogP contribution >= 0.6 is 0 Å². The molecule has 2 aromatic rings. The Hall–Kier alpha value is -2.71. The highest BCUT2D eigenvalue weighted by atomic mass is 19.4. The van der Waals surface area contributed by atoms with Crippen LogP contribution in [0.2, 0.25) is 0 Å². The summed E-state index contributed by atoms with van der Waals surface area (Å²) in [4.78, 5) is 26.2. The number of amides is 1. The molecule has 0 spiro atoms. The lowest BCUT2D eigenvalue weighted by Crippen LogP contribution is -2.45. The first-order valence-electron chi connectivity index (χ1n) is 10.8. The van der Waals surface area contributed by atoms with Crippen molar-refractivity contribution in [2.24, 2.45) is 5.92 Å². The van der Waals surface area contributed by atoms with E-state index in [1.165, 1.54) is 25.2 Å². The van der Waals surface area contributed by atoms with Gasteiger partial charge in [0.05, 0.1) is 0 Å². The lowest BCUT2D eigenvalue weighted by molar-refractivity contribution is -0.141. The summed E-state index contributed by atoms with van der Waals surface area (Å²) in [5.74, 6) is 0.865. The average molecular weight is 433 g/mol. The number of hydrogen-bond donors (Lipinski definition) is 1. The minimum absolute atomic E-state index is 0.0271. The first kappa shape index (κ1) is 21.5. The van der Waals surface area contributed by atoms with Crippen LogP contribution in [0.25, 0.3) is 11.4 Å². The number of nitrogens with one attached hydrogen (secondary N) is 1. The Morgan fingerprint density at radius 3 is 2.39 bits per heavy atom. The third-order valence-electron chi connectivity index (χ3n) is 6.07. The molecule has 0 radical (unpaired) electrons. The van der Waals surface area contributed by atoms with E-state index < -0.39 is 11.9 Å². The Morgan fingerprint density at radius 1 is 1.06 bits per heavy atom. The molecule has 1 aliphatic carbocycles. The van der Waals surface area contributed by atoms with E-state index in [2.05, 4.69) is 20.3 Å². The number of carbonyl (C=O) groups is 1. The molecule has 9 heteroatoms. The summed E-state index contributed by atoms with van der Waals surface area (Å²) in [5, 5.41) is 3.11. The second-order valence-electron chi connectivity index (χ2n) is 8.35. The van der Waals surface area contributed by atoms with Gasteiger partial charge >= 0.3 is 6.18 Å². The van der Waals surface area contributed by atoms with E-state index in [1.54, 1.807) is 12.1 Å². The second-order valence-corrected chi connectivity index (χ2v) is 8.35. The summed E-state index contributed by atoms with van der Waals surface area (Å²) in [6, 6.07) is 4.23. The number of nitrogens with zero attached hydrogens (tertiary/aromatic N) is 4. The predicted octanol–water partition coefficient (Wildman–Crippen LogP) is 4.22. The molecule has 0 atom stereocenters. The third-order valence-corrected chi connectivity index (χ3v) is 6.07. The summed E-state index contributed by atoms with van der Waals surface area (Å²) in [7, 11) is 0. The van der Waals surface area contributed by atoms with Gasteiger partial charge in [0.25, 0.3) is 0 Å². The van der Waals surface area contributed by atoms with E-state index in [4.69, 9.17) is 0 Å². The van der Waals surface area contributed by atoms with Gasteiger partial charge in [-0.3, -0.25) is 9.78 Å². The molecule has 2 fully saturated rings. The van der Waals surface area contributed by atoms with Gasteiger partial charge in [0.2, 0.25) is 5.91 Å². The zero-order chi connectivity index (χ0) is 21.8. The fourth-order valence-corrected chi connectivity index (χ4v) is 4.39. The van der Waals surface area contributed by atoms with Crippen LogP contribution in [-0.2, 0) is 11.0 Å². The SMILES string of the molecule is O=C(CC1CCCC1)NC1CCN(c2cc(C(F)(F)F)nc(-c3ccncc3)n2)CC1. The lowest BCUT2D eigenvalue weighted by atomic mass is 10.0. The van der Waals surface area contributed by atoms with Crippen LogP contribution in [0, 0.1) is 5.92 Å². The Morgan fingerprint density at radius 2 is 1.74 bits per heavy atom. The zero-order valence-electron chi connectivity index (χ0n) is 17.2. The van der Waals surface area contributed by atoms with E-state index >= 15 is 0 Å². The van der Waals surface area contributed by atoms with Crippen LogP contribution in [0.4, 0.5) is 19.0 Å². The van der Waals surface area contributed by atoms with E-state index in [0.29, 0.717) is 43.8 Å². The molecule has 0 bridgehead atoms. The number of carbonyl (C=O) groups excluding carboxylic acids is 1. The van der Waals surface area contributed by atoms with Crippen molar-refractivity contribution < 1.29 is 18.0 Å². The number of anilines is 1. The molecule has 2 aromatic heterocycles. The normalized spacial score (nSPS) is 18.4. The van der Waals surface area contributed by atoms with E-state index in [1.807, 2.05) is 4.90 Å². The number of hydrogen-bond acceptors (Lipinski definition) is 5. The summed E-state index contributed by atoms with van der Waals surface area (Å²) in [6.45, 7) is 1.05. The Labute approximate surface area is 179 Å². The van der Waals surface area contributed by atoms with E-state index in [9.17, 15) is 18.0 Å². The molecule has 166 valence electrons. The highest BCUT2D eigenvalue weighted by Gasteiger charge is 2.35. The summed E-state index contributed by atoms with van der Waals surface area (Å²) < 4.78 is 40.3. The average Bonchev–Trinajstić information content (AvgIpc) is 3.27. The number of aromatic nitrogens is 3. The van der Waals surface area contributed by atoms with Gasteiger partial charge in [0.15, 0.2) is 11.5 Å². The monoisotopic (exact) mass is 433 g/mol. The number of halogens is 3. The van der Waals surface area contributed by atoms with Crippen molar-refractivity contribution >= 4 is 11.7 Å². The van der Waals surface area contributed by atoms with E-state index in [0.717, 1.165) is 18.9 Å². The van der Waals surface area contributed by atoms with Gasteiger partial charge in [0.1, 0.15) is 5.82 Å². The first-order valence-corrected chi connectivity index (χ1v) is 10.8. The molecule has 1 aliphatic heterocycles. The second kappa shape index (κ2) is 9.20. The lowest BCUT2D eigenvalue weighted by Gasteiger charge is -2.33. The predicted molar refractivity (Wildman–Crippen MR) is 110 cm³/mol. The fraction of sp³-hybridized carbons (Fsp3) is 0.545. The summed E-state index contributed by atoms with van der Waals surface area (Å²) in [6.07, 6.45) is 5.02. The highest BCUT2D eigenvalue weighted by Crippen LogP contribution is 2.32. The van der Waals surface area contributed by atoms with Crippen LogP contribution in [0.1, 0.15) is 50.6 Å². The summed E-state index contributed by atoms with van der Waals surface area (Å²) in [5.41, 5.74) is -0.479. The number of rotatable bonds is 5. The molecular formula is C22H26F3N5O. The van der Waals surface area contributed by atoms with Crippen molar-refractivity contribution in [1.82, 2.24) is 20.3 Å². The Balaban J connectivity index is 1.43. The molecule has 3 heterocycles. The standard InChI is InChI=1S/C22H26F3N5O/c23-22(24,25)18-14-19(29-21(28-18)16-5-9-26-10-6-16)30-11-7-17(8-12-30)27-20(31)13-15-3-1-2-4-15/h5-6,9-10,14-15,17H,1-4,7-8,11-13H2,(H,27,31). The van der Waals surface area contributed by atoms with Crippen molar-refractivity contribution in [2.75, 3.05) is 18.0 Å². The molecule has 6 nitrogen and oxygen atoms in total. The maximum atomic E-state index is 13.4. The van der Waals surface area contributed by atoms with Crippen molar-refractivity contribution in [3.63, 3.8) is 0 Å². The topological polar surface area (TPSA) is 71.0 Å². The van der Waals surface area contributed by atoms with Crippen LogP contribution in [0.5, 0.6) is 0 Å². The molecule has 0 unspecified atom stereocenters. The fourth-order valence-electron chi connectivity index (χ4n) is 4.39. The van der Waals surface area contributed by atoms with Gasteiger partial charge in [0, 0.05) is 49.6 Å². The zero-order valence-corrected chi connectivity index (χ0v) is 17.2. The minimum atomic E-state index is -4.56. The first-order chi connectivity index (χ1) is 14.9. The van der Waals surface area contributed by atoms with Gasteiger partial charge in [-0.2, -0.15) is 13.2 Å². The smallest absolute Gasteiger partial charge is 0.356 e. The molecule has 1 saturated carbocycles. The highest BCUT2D eigenvalue weighted by molar-refractivity contribution is 5.76. The number of pyridine rings is 1. The quantitative estimate of drug-likeness (QED) is 0.765. The molecule has 1 amide bonds. The molecule has 31 heavy (non-hydrogen) atoms. The Kier molecular flexibility index (Phi) is 6.38. The van der Waals surface area contributed by atoms with Crippen molar-refractivity contribution in [2.45, 2.75) is 57.2 Å². The maximum absolute atomic E-state index is 13.4. The van der Waals surface area contributed by atoms with Gasteiger partial charge in [-0.25, -0.2) is 9.97 Å². The summed E-state index contributed by atoms with van der Waals surface area (Å²) >= 11 is 0. The third kappa shape index (κ3) is 5.51. The number of alkyl halides is 3. The van der Waals surface area contributed by atoms with Crippen LogP contribution < -0.4 is 10.2 Å². The van der Waals surface area contributed by atoms with Crippen LogP contribution in [0.15, 0.2) is 30.6 Å². The minimum Gasteiger partial charge on any atom is -0.356 e. The Bertz CT molecular complexity index is 892.